The van der Waals surface area contributed by atoms with Gasteiger partial charge in [0.05, 0.1) is 21.7 Å². The zero-order chi connectivity index (χ0) is 23.0. The van der Waals surface area contributed by atoms with Gasteiger partial charge >= 0.3 is 0 Å². The molecule has 6 nitrogen and oxygen atoms in total. The van der Waals surface area contributed by atoms with Crippen molar-refractivity contribution in [1.82, 2.24) is 25.1 Å². The van der Waals surface area contributed by atoms with E-state index in [2.05, 4.69) is 57.1 Å². The molecule has 4 rings (SSSR count). The minimum atomic E-state index is 0.0246. The van der Waals surface area contributed by atoms with Crippen molar-refractivity contribution in [2.45, 2.75) is 54.5 Å². The number of carbonyl (C=O) groups is 1. The van der Waals surface area contributed by atoms with Crippen molar-refractivity contribution in [3.63, 3.8) is 0 Å². The minimum Gasteiger partial charge on any atom is -0.353 e. The molecule has 2 aromatic heterocycles. The van der Waals surface area contributed by atoms with Crippen molar-refractivity contribution in [3.8, 4) is 0 Å². The van der Waals surface area contributed by atoms with Crippen LogP contribution in [0.1, 0.15) is 31.7 Å². The first-order valence-corrected chi connectivity index (χ1v) is 13.8. The molecule has 2 heterocycles. The summed E-state index contributed by atoms with van der Waals surface area (Å²) in [5.74, 6) is 1.96. The van der Waals surface area contributed by atoms with Crippen LogP contribution in [0.25, 0.3) is 10.2 Å². The molecular formula is C24H27N5OS3. The summed E-state index contributed by atoms with van der Waals surface area (Å²) in [4.78, 5) is 17.1. The van der Waals surface area contributed by atoms with Gasteiger partial charge in [-0.05, 0) is 44.4 Å². The largest absolute Gasteiger partial charge is 0.353 e. The smallest absolute Gasteiger partial charge is 0.230 e. The van der Waals surface area contributed by atoms with Gasteiger partial charge in [0.15, 0.2) is 9.50 Å². The van der Waals surface area contributed by atoms with E-state index in [-0.39, 0.29) is 11.9 Å². The second-order valence-corrected chi connectivity index (χ2v) is 10.9. The number of amides is 1. The number of thiazole rings is 1. The van der Waals surface area contributed by atoms with Crippen molar-refractivity contribution in [2.75, 3.05) is 5.75 Å². The number of carbonyl (C=O) groups excluding carboxylic acids is 1. The number of benzene rings is 2. The molecule has 0 fully saturated rings. The van der Waals surface area contributed by atoms with Crippen LogP contribution in [0.5, 0.6) is 0 Å². The molecule has 0 saturated heterocycles. The summed E-state index contributed by atoms with van der Waals surface area (Å²) >= 11 is 4.81. The lowest BCUT2D eigenvalue weighted by molar-refractivity contribution is -0.119. The summed E-state index contributed by atoms with van der Waals surface area (Å²) in [5.41, 5.74) is 2.32. The highest BCUT2D eigenvalue weighted by molar-refractivity contribution is 8.00. The number of aromatic nitrogens is 4. The zero-order valence-electron chi connectivity index (χ0n) is 18.7. The Balaban J connectivity index is 1.26. The Kier molecular flexibility index (Phi) is 8.41. The van der Waals surface area contributed by atoms with Crippen molar-refractivity contribution in [1.29, 1.82) is 0 Å². The standard InChI is InChI=1S/C24H27N5OS3/c1-3-29-21(15-32-24-26-19-11-7-8-12-20(19)33-24)27-28-23(29)31-16-22(30)25-17(2)13-14-18-9-5-4-6-10-18/h4-12,17H,3,13-16H2,1-2H3,(H,25,30). The third-order valence-corrected chi connectivity index (χ3v) is 8.30. The zero-order valence-corrected chi connectivity index (χ0v) is 21.2. The first-order chi connectivity index (χ1) is 16.1. The molecule has 1 amide bonds. The molecular weight excluding hydrogens is 470 g/mol. The van der Waals surface area contributed by atoms with Gasteiger partial charge in [-0.2, -0.15) is 0 Å². The Morgan fingerprint density at radius 3 is 2.67 bits per heavy atom. The van der Waals surface area contributed by atoms with Gasteiger partial charge in [-0.3, -0.25) is 4.79 Å². The maximum absolute atomic E-state index is 12.4. The van der Waals surface area contributed by atoms with E-state index >= 15 is 0 Å². The Labute approximate surface area is 206 Å². The van der Waals surface area contributed by atoms with Crippen LogP contribution in [0, 0.1) is 0 Å². The lowest BCUT2D eigenvalue weighted by atomic mass is 10.1. The van der Waals surface area contributed by atoms with Crippen LogP contribution < -0.4 is 5.32 Å². The van der Waals surface area contributed by atoms with Crippen LogP contribution >= 0.6 is 34.9 Å². The summed E-state index contributed by atoms with van der Waals surface area (Å²) in [6, 6.07) is 18.6. The highest BCUT2D eigenvalue weighted by Crippen LogP contribution is 2.31. The summed E-state index contributed by atoms with van der Waals surface area (Å²) in [5, 5.41) is 12.6. The molecule has 0 spiro atoms. The van der Waals surface area contributed by atoms with Crippen LogP contribution in [-0.2, 0) is 23.5 Å². The maximum Gasteiger partial charge on any atom is 0.230 e. The van der Waals surface area contributed by atoms with E-state index in [0.29, 0.717) is 11.5 Å². The molecule has 0 aliphatic rings. The van der Waals surface area contributed by atoms with Crippen molar-refractivity contribution >= 4 is 51.0 Å². The number of hydrogen-bond acceptors (Lipinski definition) is 7. The fraction of sp³-hybridized carbons (Fsp3) is 0.333. The number of nitrogens with one attached hydrogen (secondary N) is 1. The van der Waals surface area contributed by atoms with E-state index in [0.717, 1.165) is 40.2 Å². The van der Waals surface area contributed by atoms with Crippen molar-refractivity contribution < 1.29 is 4.79 Å². The van der Waals surface area contributed by atoms with E-state index in [9.17, 15) is 4.79 Å². The summed E-state index contributed by atoms with van der Waals surface area (Å²) in [6.07, 6.45) is 1.87. The summed E-state index contributed by atoms with van der Waals surface area (Å²) < 4.78 is 4.30. The Bertz CT molecular complexity index is 1160. The predicted molar refractivity (Wildman–Crippen MR) is 138 cm³/mol. The molecule has 2 aromatic carbocycles. The molecule has 1 N–H and O–H groups in total. The van der Waals surface area contributed by atoms with Crippen molar-refractivity contribution in [2.24, 2.45) is 0 Å². The molecule has 1 atom stereocenters. The minimum absolute atomic E-state index is 0.0246. The van der Waals surface area contributed by atoms with Gasteiger partial charge in [0.2, 0.25) is 5.91 Å². The van der Waals surface area contributed by atoms with Crippen LogP contribution in [-0.4, -0.2) is 37.5 Å². The second-order valence-electron chi connectivity index (χ2n) is 7.66. The van der Waals surface area contributed by atoms with Gasteiger partial charge in [-0.15, -0.1) is 21.5 Å². The lowest BCUT2D eigenvalue weighted by Gasteiger charge is -2.14. The number of aryl methyl sites for hydroxylation is 1. The van der Waals surface area contributed by atoms with Crippen LogP contribution in [0.3, 0.4) is 0 Å². The number of para-hydroxylation sites is 1. The molecule has 1 unspecified atom stereocenters. The molecule has 0 bridgehead atoms. The van der Waals surface area contributed by atoms with Crippen LogP contribution in [0.4, 0.5) is 0 Å². The maximum atomic E-state index is 12.4. The van der Waals surface area contributed by atoms with E-state index in [1.54, 1.807) is 23.1 Å². The Hall–Kier alpha value is -2.36. The second kappa shape index (κ2) is 11.7. The lowest BCUT2D eigenvalue weighted by Crippen LogP contribution is -2.34. The highest BCUT2D eigenvalue weighted by Gasteiger charge is 2.15. The fourth-order valence-corrected chi connectivity index (χ4v) is 6.28. The number of rotatable bonds is 11. The first kappa shape index (κ1) is 23.8. The van der Waals surface area contributed by atoms with Gasteiger partial charge in [0.1, 0.15) is 5.82 Å². The highest BCUT2D eigenvalue weighted by atomic mass is 32.2. The van der Waals surface area contributed by atoms with E-state index in [4.69, 9.17) is 0 Å². The third kappa shape index (κ3) is 6.59. The summed E-state index contributed by atoms with van der Waals surface area (Å²) in [6.45, 7) is 4.89. The molecule has 172 valence electrons. The number of hydrogen-bond donors (Lipinski definition) is 1. The first-order valence-electron chi connectivity index (χ1n) is 11.0. The normalized spacial score (nSPS) is 12.2. The molecule has 0 aliphatic heterocycles. The van der Waals surface area contributed by atoms with E-state index in [1.165, 1.54) is 22.0 Å². The average Bonchev–Trinajstić information content (AvgIpc) is 3.43. The van der Waals surface area contributed by atoms with Gasteiger partial charge in [0, 0.05) is 12.6 Å². The Morgan fingerprint density at radius 2 is 1.88 bits per heavy atom. The fourth-order valence-electron chi connectivity index (χ4n) is 3.44. The van der Waals surface area contributed by atoms with Crippen LogP contribution in [0.15, 0.2) is 64.1 Å². The summed E-state index contributed by atoms with van der Waals surface area (Å²) in [7, 11) is 0. The van der Waals surface area contributed by atoms with Gasteiger partial charge in [-0.25, -0.2) is 4.98 Å². The number of nitrogens with zero attached hydrogens (tertiary/aromatic N) is 4. The molecule has 9 heteroatoms. The molecule has 33 heavy (non-hydrogen) atoms. The van der Waals surface area contributed by atoms with Crippen molar-refractivity contribution in [3.05, 3.63) is 66.0 Å². The molecule has 0 aliphatic carbocycles. The van der Waals surface area contributed by atoms with Gasteiger partial charge in [0.25, 0.3) is 0 Å². The predicted octanol–water partition coefficient (Wildman–Crippen LogP) is 5.43. The average molecular weight is 498 g/mol. The topological polar surface area (TPSA) is 72.7 Å². The van der Waals surface area contributed by atoms with E-state index < -0.39 is 0 Å². The van der Waals surface area contributed by atoms with Crippen LogP contribution in [0.2, 0.25) is 0 Å². The number of fused-ring (bicyclic) bond motifs is 1. The SMILES string of the molecule is CCn1c(CSc2nc3ccccc3s2)nnc1SCC(=O)NC(C)CCc1ccccc1. The third-order valence-electron chi connectivity index (χ3n) is 5.16. The molecule has 4 aromatic rings. The Morgan fingerprint density at radius 1 is 1.09 bits per heavy atom. The van der Waals surface area contributed by atoms with E-state index in [1.807, 2.05) is 36.4 Å². The number of thioether (sulfide) groups is 2. The van der Waals surface area contributed by atoms with Gasteiger partial charge in [-0.1, -0.05) is 66.0 Å². The monoisotopic (exact) mass is 497 g/mol. The molecule has 0 saturated carbocycles. The molecule has 0 radical (unpaired) electrons. The quantitative estimate of drug-likeness (QED) is 0.279. The van der Waals surface area contributed by atoms with Gasteiger partial charge < -0.3 is 9.88 Å².